The normalized spacial score (nSPS) is 10.0. The average molecular weight is 323 g/mol. The quantitative estimate of drug-likeness (QED) is 0.622. The smallest absolute Gasteiger partial charge is 0.343 e. The number of rotatable bonds is 5. The van der Waals surface area contributed by atoms with Crippen molar-refractivity contribution in [3.05, 3.63) is 47.0 Å². The minimum atomic E-state index is -0.554. The molecular formula is C16H15ClO5. The van der Waals surface area contributed by atoms with Crippen LogP contribution >= 0.6 is 11.6 Å². The van der Waals surface area contributed by atoms with Crippen molar-refractivity contribution in [3.63, 3.8) is 0 Å². The number of halogens is 1. The van der Waals surface area contributed by atoms with Crippen LogP contribution in [0.15, 0.2) is 36.4 Å². The van der Waals surface area contributed by atoms with E-state index in [-0.39, 0.29) is 5.56 Å². The van der Waals surface area contributed by atoms with Gasteiger partial charge in [0.1, 0.15) is 5.75 Å². The summed E-state index contributed by atoms with van der Waals surface area (Å²) in [6.45, 7) is 0. The van der Waals surface area contributed by atoms with Gasteiger partial charge in [0, 0.05) is 5.02 Å². The molecule has 0 bridgehead atoms. The molecule has 0 aliphatic rings. The van der Waals surface area contributed by atoms with Crippen molar-refractivity contribution in [1.82, 2.24) is 0 Å². The molecule has 0 radical (unpaired) electrons. The van der Waals surface area contributed by atoms with Gasteiger partial charge in [-0.25, -0.2) is 4.79 Å². The third-order valence-electron chi connectivity index (χ3n) is 2.91. The highest BCUT2D eigenvalue weighted by molar-refractivity contribution is 6.30. The molecule has 2 aromatic rings. The van der Waals surface area contributed by atoms with Crippen molar-refractivity contribution < 1.29 is 23.7 Å². The number of hydrogen-bond acceptors (Lipinski definition) is 5. The van der Waals surface area contributed by atoms with E-state index in [1.807, 2.05) is 0 Å². The summed E-state index contributed by atoms with van der Waals surface area (Å²) >= 11 is 5.86. The molecule has 0 spiro atoms. The van der Waals surface area contributed by atoms with Gasteiger partial charge in [0.2, 0.25) is 5.75 Å². The Balaban J connectivity index is 2.33. The Hall–Kier alpha value is -2.40. The van der Waals surface area contributed by atoms with E-state index in [1.165, 1.54) is 33.5 Å². The average Bonchev–Trinajstić information content (AvgIpc) is 2.53. The minimum Gasteiger partial charge on any atom is -0.493 e. The second-order valence-electron chi connectivity index (χ2n) is 4.26. The van der Waals surface area contributed by atoms with Crippen molar-refractivity contribution in [3.8, 4) is 23.0 Å². The van der Waals surface area contributed by atoms with Crippen LogP contribution in [0, 0.1) is 0 Å². The Kier molecular flexibility index (Phi) is 5.12. The second kappa shape index (κ2) is 7.04. The van der Waals surface area contributed by atoms with Crippen LogP contribution in [0.3, 0.4) is 0 Å². The van der Waals surface area contributed by atoms with E-state index in [2.05, 4.69) is 0 Å². The molecule has 2 aromatic carbocycles. The van der Waals surface area contributed by atoms with Gasteiger partial charge < -0.3 is 18.9 Å². The lowest BCUT2D eigenvalue weighted by molar-refractivity contribution is 0.0734. The van der Waals surface area contributed by atoms with Gasteiger partial charge in [0.25, 0.3) is 0 Å². The van der Waals surface area contributed by atoms with Gasteiger partial charge in [-0.2, -0.15) is 0 Å². The number of carbonyl (C=O) groups is 1. The van der Waals surface area contributed by atoms with Crippen molar-refractivity contribution in [2.45, 2.75) is 0 Å². The largest absolute Gasteiger partial charge is 0.493 e. The van der Waals surface area contributed by atoms with Crippen LogP contribution in [-0.4, -0.2) is 27.3 Å². The Labute approximate surface area is 133 Å². The van der Waals surface area contributed by atoms with E-state index in [0.717, 1.165) is 0 Å². The van der Waals surface area contributed by atoms with Gasteiger partial charge in [0.15, 0.2) is 11.5 Å². The molecule has 0 aromatic heterocycles. The molecule has 0 aliphatic carbocycles. The van der Waals surface area contributed by atoms with Crippen molar-refractivity contribution in [2.24, 2.45) is 0 Å². The molecule has 0 unspecified atom stereocenters. The van der Waals surface area contributed by atoms with Crippen LogP contribution in [0.4, 0.5) is 0 Å². The predicted octanol–water partition coefficient (Wildman–Crippen LogP) is 3.59. The van der Waals surface area contributed by atoms with Crippen LogP contribution in [0.2, 0.25) is 5.02 Å². The number of ether oxygens (including phenoxy) is 4. The van der Waals surface area contributed by atoms with Crippen molar-refractivity contribution in [2.75, 3.05) is 21.3 Å². The zero-order valence-corrected chi connectivity index (χ0v) is 13.1. The first-order valence-corrected chi connectivity index (χ1v) is 6.74. The van der Waals surface area contributed by atoms with E-state index in [0.29, 0.717) is 28.0 Å². The summed E-state index contributed by atoms with van der Waals surface area (Å²) in [7, 11) is 4.44. The summed E-state index contributed by atoms with van der Waals surface area (Å²) in [6.07, 6.45) is 0. The maximum Gasteiger partial charge on any atom is 0.343 e. The maximum atomic E-state index is 12.2. The maximum absolute atomic E-state index is 12.2. The van der Waals surface area contributed by atoms with Gasteiger partial charge in [-0.15, -0.1) is 0 Å². The summed E-state index contributed by atoms with van der Waals surface area (Å²) in [4.78, 5) is 12.2. The summed E-state index contributed by atoms with van der Waals surface area (Å²) in [5, 5.41) is 0.482. The second-order valence-corrected chi connectivity index (χ2v) is 4.70. The fraction of sp³-hybridized carbons (Fsp3) is 0.188. The van der Waals surface area contributed by atoms with Gasteiger partial charge in [-0.3, -0.25) is 0 Å². The molecule has 0 saturated heterocycles. The Morgan fingerprint density at radius 2 is 1.59 bits per heavy atom. The summed E-state index contributed by atoms with van der Waals surface area (Å²) in [5.74, 6) is 0.955. The van der Waals surface area contributed by atoms with Crippen molar-refractivity contribution in [1.29, 1.82) is 0 Å². The highest BCUT2D eigenvalue weighted by Gasteiger charge is 2.18. The molecule has 2 rings (SSSR count). The van der Waals surface area contributed by atoms with Crippen LogP contribution < -0.4 is 18.9 Å². The number of methoxy groups -OCH3 is 3. The molecule has 0 atom stereocenters. The lowest BCUT2D eigenvalue weighted by Crippen LogP contribution is -2.09. The molecule has 0 amide bonds. The van der Waals surface area contributed by atoms with Crippen LogP contribution in [0.5, 0.6) is 23.0 Å². The molecule has 5 nitrogen and oxygen atoms in total. The third-order valence-corrected chi connectivity index (χ3v) is 3.14. The fourth-order valence-corrected chi connectivity index (χ4v) is 2.08. The molecule has 0 heterocycles. The lowest BCUT2D eigenvalue weighted by Gasteiger charge is -2.13. The number of hydrogen-bond donors (Lipinski definition) is 0. The lowest BCUT2D eigenvalue weighted by atomic mass is 10.2. The molecule has 0 N–H and O–H groups in total. The van der Waals surface area contributed by atoms with Gasteiger partial charge >= 0.3 is 5.97 Å². The van der Waals surface area contributed by atoms with E-state index in [4.69, 9.17) is 30.5 Å². The van der Waals surface area contributed by atoms with Crippen LogP contribution in [0.25, 0.3) is 0 Å². The Bertz CT molecular complexity index is 659. The standard InChI is InChI=1S/C16H15ClO5/c1-19-13-7-10(8-14(20-2)15(13)21-3)16(18)22-12-6-4-5-11(17)9-12/h4-9H,1-3H3. The zero-order chi connectivity index (χ0) is 16.1. The highest BCUT2D eigenvalue weighted by Crippen LogP contribution is 2.38. The Morgan fingerprint density at radius 3 is 2.09 bits per heavy atom. The Morgan fingerprint density at radius 1 is 0.955 bits per heavy atom. The monoisotopic (exact) mass is 322 g/mol. The minimum absolute atomic E-state index is 0.273. The van der Waals surface area contributed by atoms with Gasteiger partial charge in [-0.05, 0) is 30.3 Å². The van der Waals surface area contributed by atoms with Crippen molar-refractivity contribution >= 4 is 17.6 Å². The highest BCUT2D eigenvalue weighted by atomic mass is 35.5. The SMILES string of the molecule is COc1cc(C(=O)Oc2cccc(Cl)c2)cc(OC)c1OC. The van der Waals surface area contributed by atoms with Gasteiger partial charge in [-0.1, -0.05) is 17.7 Å². The predicted molar refractivity (Wildman–Crippen MR) is 82.5 cm³/mol. The summed E-state index contributed by atoms with van der Waals surface area (Å²) in [5.41, 5.74) is 0.273. The van der Waals surface area contributed by atoms with Crippen LogP contribution in [0.1, 0.15) is 10.4 Å². The first-order chi connectivity index (χ1) is 10.6. The molecule has 22 heavy (non-hydrogen) atoms. The molecule has 116 valence electrons. The van der Waals surface area contributed by atoms with E-state index in [9.17, 15) is 4.79 Å². The van der Waals surface area contributed by atoms with E-state index >= 15 is 0 Å². The molecule has 0 saturated carbocycles. The fourth-order valence-electron chi connectivity index (χ4n) is 1.90. The molecule has 0 aliphatic heterocycles. The number of esters is 1. The van der Waals surface area contributed by atoms with Crippen LogP contribution in [-0.2, 0) is 0 Å². The number of benzene rings is 2. The van der Waals surface area contributed by atoms with Gasteiger partial charge in [0.05, 0.1) is 26.9 Å². The molecule has 6 heteroatoms. The topological polar surface area (TPSA) is 54.0 Å². The molecular weight excluding hydrogens is 308 g/mol. The summed E-state index contributed by atoms with van der Waals surface area (Å²) in [6, 6.07) is 9.63. The zero-order valence-electron chi connectivity index (χ0n) is 12.4. The first-order valence-electron chi connectivity index (χ1n) is 6.36. The third kappa shape index (κ3) is 3.43. The first kappa shape index (κ1) is 16.0. The summed E-state index contributed by atoms with van der Waals surface area (Å²) < 4.78 is 20.9. The number of carbonyl (C=O) groups excluding carboxylic acids is 1. The van der Waals surface area contributed by atoms with E-state index in [1.54, 1.807) is 24.3 Å². The molecule has 0 fully saturated rings. The van der Waals surface area contributed by atoms with E-state index < -0.39 is 5.97 Å².